The first-order valence-electron chi connectivity index (χ1n) is 20.8. The molecule has 0 saturated heterocycles. The summed E-state index contributed by atoms with van der Waals surface area (Å²) < 4.78 is 44.8. The summed E-state index contributed by atoms with van der Waals surface area (Å²) >= 11 is 0. The number of halogens is 4. The Morgan fingerprint density at radius 3 is 1.22 bits per heavy atom. The Hall–Kier alpha value is -8.43. The molecule has 0 unspecified atom stereocenters. The van der Waals surface area contributed by atoms with Crippen LogP contribution in [0.25, 0.3) is 0 Å². The van der Waals surface area contributed by atoms with Crippen molar-refractivity contribution >= 4 is 71.8 Å². The highest BCUT2D eigenvalue weighted by Crippen LogP contribution is 2.14. The van der Waals surface area contributed by atoms with E-state index in [0.717, 1.165) is 18.1 Å². The smallest absolute Gasteiger partial charge is 0.430 e. The lowest BCUT2D eigenvalue weighted by molar-refractivity contribution is -0.344. The number of hydrogen-bond donors (Lipinski definition) is 10. The van der Waals surface area contributed by atoms with Gasteiger partial charge in [-0.25, -0.2) is 29.1 Å². The summed E-state index contributed by atoms with van der Waals surface area (Å²) in [5.41, 5.74) is 0.660. The van der Waals surface area contributed by atoms with Crippen LogP contribution in [0.5, 0.6) is 0 Å². The molecule has 2 heterocycles. The number of alkyl halides is 3. The van der Waals surface area contributed by atoms with Crippen molar-refractivity contribution in [1.29, 1.82) is 0 Å². The number of urea groups is 2. The van der Waals surface area contributed by atoms with E-state index in [2.05, 4.69) is 41.9 Å². The lowest BCUT2D eigenvalue weighted by atomic mass is 10.1. The lowest BCUT2D eigenvalue weighted by Crippen LogP contribution is -2.46. The SMILES string of the molecule is C.C[N+](C)(C)c1ccc(C(=O)NCCCC[C@H](NC(=O)NCCCC(=O)O)C(=O)O)cn1.O=C(O)CCCNC(=O)N[C@@H](CCCCNC(=O)c1ccc([18F])nc1)C(=O)O.O=C([O-])C(F)(F)F.O=C=O.O=C=O. The molecule has 0 spiro atoms. The van der Waals surface area contributed by atoms with Gasteiger partial charge in [0.2, 0.25) is 11.8 Å². The first-order chi connectivity index (χ1) is 33.6. The monoisotopic (exact) mass is 1050 g/mol. The molecule has 0 aliphatic carbocycles. The molecule has 0 aliphatic rings. The maximum Gasteiger partial charge on any atom is 0.430 e. The molecule has 2 rings (SSSR count). The number of nitrogens with one attached hydrogen (secondary N) is 6. The molecule has 10 N–H and O–H groups in total. The Balaban J connectivity index is -0.000000520. The summed E-state index contributed by atoms with van der Waals surface area (Å²) in [6.45, 7) is 0.906. The minimum Gasteiger partial charge on any atom is -0.542 e. The predicted molar refractivity (Wildman–Crippen MR) is 238 cm³/mol. The molecule has 0 bridgehead atoms. The molecule has 27 nitrogen and oxygen atoms in total. The molecule has 0 saturated carbocycles. The van der Waals surface area contributed by atoms with Gasteiger partial charge in [-0.3, -0.25) is 23.7 Å². The van der Waals surface area contributed by atoms with Crippen LogP contribution in [0.4, 0.5) is 33.0 Å². The molecule has 2 atom stereocenters. The highest BCUT2D eigenvalue weighted by Gasteiger charge is 2.29. The van der Waals surface area contributed by atoms with E-state index in [-0.39, 0.29) is 89.4 Å². The molecule has 0 aliphatic heterocycles. The molecular weight excluding hydrogens is 994 g/mol. The van der Waals surface area contributed by atoms with E-state index in [9.17, 15) is 61.0 Å². The number of rotatable bonds is 25. The van der Waals surface area contributed by atoms with E-state index in [1.165, 1.54) is 12.3 Å². The molecule has 73 heavy (non-hydrogen) atoms. The zero-order valence-corrected chi connectivity index (χ0v) is 38.9. The molecule has 31 heteroatoms. The van der Waals surface area contributed by atoms with Gasteiger partial charge in [0.15, 0.2) is 0 Å². The first-order valence-corrected chi connectivity index (χ1v) is 20.8. The summed E-state index contributed by atoms with van der Waals surface area (Å²) in [6.07, 6.45) is 0.558. The predicted octanol–water partition coefficient (Wildman–Crippen LogP) is 0.301. The molecule has 2 aromatic heterocycles. The van der Waals surface area contributed by atoms with Gasteiger partial charge in [0, 0.05) is 57.5 Å². The number of carbonyl (C=O) groups excluding carboxylic acids is 9. The highest BCUT2D eigenvalue weighted by atomic mass is 19.4. The fraction of sp³-hybridized carbons (Fsp3) is 0.500. The van der Waals surface area contributed by atoms with Crippen molar-refractivity contribution in [3.8, 4) is 0 Å². The summed E-state index contributed by atoms with van der Waals surface area (Å²) in [4.78, 5) is 140. The largest absolute Gasteiger partial charge is 0.542 e. The van der Waals surface area contributed by atoms with Gasteiger partial charge in [-0.1, -0.05) is 7.43 Å². The zero-order chi connectivity index (χ0) is 55.9. The molecular formula is C42H59F4N9O18. The second-order valence-electron chi connectivity index (χ2n) is 14.8. The third-order valence-electron chi connectivity index (χ3n) is 8.24. The quantitative estimate of drug-likeness (QED) is 0.0277. The van der Waals surface area contributed by atoms with Crippen LogP contribution in [0.1, 0.15) is 92.4 Å². The molecule has 0 fully saturated rings. The Bertz CT molecular complexity index is 2090. The first kappa shape index (κ1) is 71.1. The van der Waals surface area contributed by atoms with Crippen molar-refractivity contribution in [2.45, 2.75) is 89.9 Å². The van der Waals surface area contributed by atoms with Crippen LogP contribution >= 0.6 is 0 Å². The number of carboxylic acid groups (broad SMARTS) is 5. The van der Waals surface area contributed by atoms with E-state index in [0.29, 0.717) is 42.3 Å². The standard InChI is InChI=1S/C20H31N5O6.C17H23FN4O6.C2HF3O2.2CO2.CH4/c1-25(2,3)16-10-9-14(13-23-16)18(28)21-11-5-4-7-15(19(29)30)24-20(31)22-12-6-8-17(26)27;18-13-7-6-11(10-21-13)15(25)19-8-2-1-4-12(16(26)27)22-17(28)20-9-3-5-14(23)24;3-2(4,5)1(6)7;2*2-1-3;/h9-10,13,15H,4-8,11-12H2,1-3H3,(H4-,21,22,24,26,27,28,29,30,31);6-7,10,12H,1-5,8-9H2,(H,19,25)(H,23,24)(H,26,27)(H2,20,22,28);(H,6,7);;;1H4/t15-;12-;;;;/m00..../s1/i;18-1;;;;. The summed E-state index contributed by atoms with van der Waals surface area (Å²) in [5, 5.41) is 59.1. The Morgan fingerprint density at radius 1 is 0.603 bits per heavy atom. The molecule has 408 valence electrons. The third kappa shape index (κ3) is 40.1. The van der Waals surface area contributed by atoms with Crippen LogP contribution in [0.3, 0.4) is 0 Å². The number of carbonyl (C=O) groups is 9. The van der Waals surface area contributed by atoms with Crippen LogP contribution < -0.4 is 41.5 Å². The Labute approximate surface area is 414 Å². The van der Waals surface area contributed by atoms with Gasteiger partial charge in [-0.2, -0.15) is 36.7 Å². The van der Waals surface area contributed by atoms with Gasteiger partial charge < -0.3 is 62.2 Å². The van der Waals surface area contributed by atoms with E-state index >= 15 is 0 Å². The van der Waals surface area contributed by atoms with Crippen LogP contribution in [0.2, 0.25) is 0 Å². The average Bonchev–Trinajstić information content (AvgIpc) is 3.28. The fourth-order valence-corrected chi connectivity index (χ4v) is 4.80. The number of amides is 6. The number of quaternary nitrogens is 1. The van der Waals surface area contributed by atoms with E-state index in [1.807, 2.05) is 21.1 Å². The second kappa shape index (κ2) is 40.3. The maximum absolute atomic E-state index is 12.7. The highest BCUT2D eigenvalue weighted by molar-refractivity contribution is 5.94. The van der Waals surface area contributed by atoms with Crippen LogP contribution in [0.15, 0.2) is 36.7 Å². The van der Waals surface area contributed by atoms with Crippen molar-refractivity contribution in [3.63, 3.8) is 0 Å². The minimum atomic E-state index is -5.19. The van der Waals surface area contributed by atoms with Gasteiger partial charge in [0.1, 0.15) is 18.1 Å². The third-order valence-corrected chi connectivity index (χ3v) is 8.24. The van der Waals surface area contributed by atoms with Gasteiger partial charge in [-0.05, 0) is 69.6 Å². The van der Waals surface area contributed by atoms with Crippen molar-refractivity contribution in [1.82, 2.24) is 46.4 Å². The Morgan fingerprint density at radius 2 is 0.945 bits per heavy atom. The number of unbranched alkanes of at least 4 members (excludes halogenated alkanes) is 2. The van der Waals surface area contributed by atoms with E-state index in [1.54, 1.807) is 12.1 Å². The molecule has 0 aromatic carbocycles. The second-order valence-corrected chi connectivity index (χ2v) is 14.8. The van der Waals surface area contributed by atoms with Gasteiger partial charge in [0.05, 0.1) is 32.3 Å². The number of aliphatic carboxylic acids is 5. The van der Waals surface area contributed by atoms with Crippen LogP contribution in [-0.2, 0) is 43.2 Å². The van der Waals surface area contributed by atoms with E-state index < -0.39 is 72.0 Å². The van der Waals surface area contributed by atoms with Crippen LogP contribution in [-0.4, -0.2) is 162 Å². The lowest BCUT2D eigenvalue weighted by Gasteiger charge is -2.21. The normalized spacial score (nSPS) is 10.7. The minimum absolute atomic E-state index is 0. The summed E-state index contributed by atoms with van der Waals surface area (Å²) in [5.74, 6) is -7.83. The van der Waals surface area contributed by atoms with Crippen molar-refractivity contribution < 1.29 is 105 Å². The van der Waals surface area contributed by atoms with Gasteiger partial charge in [0.25, 0.3) is 11.8 Å². The summed E-state index contributed by atoms with van der Waals surface area (Å²) in [6, 6.07) is 2.37. The number of aromatic nitrogens is 2. The zero-order valence-electron chi connectivity index (χ0n) is 38.9. The average molecular weight is 1050 g/mol. The van der Waals surface area contributed by atoms with Crippen molar-refractivity contribution in [3.05, 3.63) is 53.7 Å². The number of hydrogen-bond acceptors (Lipinski definition) is 16. The van der Waals surface area contributed by atoms with Crippen molar-refractivity contribution in [2.24, 2.45) is 0 Å². The van der Waals surface area contributed by atoms with Gasteiger partial charge in [-0.15, -0.1) is 0 Å². The number of carboxylic acids is 5. The van der Waals surface area contributed by atoms with Crippen LogP contribution in [0, 0.1) is 5.95 Å². The topological polar surface area (TPSA) is 424 Å². The van der Waals surface area contributed by atoms with Crippen molar-refractivity contribution in [2.75, 3.05) is 47.3 Å². The fourth-order valence-electron chi connectivity index (χ4n) is 4.80. The molecule has 0 radical (unpaired) electrons. The maximum atomic E-state index is 12.7. The number of pyridine rings is 2. The molecule has 6 amide bonds. The summed E-state index contributed by atoms with van der Waals surface area (Å²) in [7, 11) is 5.93. The van der Waals surface area contributed by atoms with E-state index in [4.69, 9.17) is 44.4 Å². The van der Waals surface area contributed by atoms with Gasteiger partial charge >= 0.3 is 54.4 Å². The number of nitrogens with zero attached hydrogens (tertiary/aromatic N) is 3. The molecule has 2 aromatic rings. The Kier molecular flexibility index (Phi) is 39.3.